The Morgan fingerprint density at radius 1 is 1.31 bits per heavy atom. The van der Waals surface area contributed by atoms with Crippen LogP contribution in [0.5, 0.6) is 0 Å². The van der Waals surface area contributed by atoms with Crippen molar-refractivity contribution in [2.24, 2.45) is 5.92 Å². The Bertz CT molecular complexity index is 281. The fraction of sp³-hybridized carbons (Fsp3) is 0.875. The van der Waals surface area contributed by atoms with E-state index in [1.165, 1.54) is 0 Å². The Hall–Kier alpha value is -0.580. The summed E-state index contributed by atoms with van der Waals surface area (Å²) in [6.45, 7) is 4.87. The molecule has 1 fully saturated rings. The van der Waals surface area contributed by atoms with E-state index in [0.717, 1.165) is 0 Å². The summed E-state index contributed by atoms with van der Waals surface area (Å²) in [6.07, 6.45) is 0. The van der Waals surface area contributed by atoms with Crippen LogP contribution < -0.4 is 0 Å². The Morgan fingerprint density at radius 3 is 2.15 bits per heavy atom. The summed E-state index contributed by atoms with van der Waals surface area (Å²) in [5.41, 5.74) is 0. The molecule has 0 saturated carbocycles. The number of rotatable bonds is 1. The van der Waals surface area contributed by atoms with Gasteiger partial charge in [0.15, 0.2) is 9.84 Å². The van der Waals surface area contributed by atoms with Crippen LogP contribution in [-0.2, 0) is 9.84 Å². The van der Waals surface area contributed by atoms with E-state index in [1.54, 1.807) is 0 Å². The lowest BCUT2D eigenvalue weighted by atomic mass is 10.2. The molecule has 1 aliphatic heterocycles. The highest BCUT2D eigenvalue weighted by Crippen LogP contribution is 2.08. The summed E-state index contributed by atoms with van der Waals surface area (Å²) in [5.74, 6) is 1.13. The molecule has 0 unspecified atom stereocenters. The molecule has 1 saturated heterocycles. The van der Waals surface area contributed by atoms with E-state index >= 15 is 0 Å². The second-order valence-electron chi connectivity index (χ2n) is 3.68. The van der Waals surface area contributed by atoms with Crippen molar-refractivity contribution in [1.29, 1.82) is 5.41 Å². The van der Waals surface area contributed by atoms with Crippen LogP contribution in [0.2, 0.25) is 0 Å². The van der Waals surface area contributed by atoms with Crippen LogP contribution >= 0.6 is 0 Å². The lowest BCUT2D eigenvalue weighted by molar-refractivity contribution is 0.420. The van der Waals surface area contributed by atoms with Crippen molar-refractivity contribution >= 4 is 15.7 Å². The van der Waals surface area contributed by atoms with Gasteiger partial charge in [-0.1, -0.05) is 13.8 Å². The first-order chi connectivity index (χ1) is 5.92. The number of sulfone groups is 1. The van der Waals surface area contributed by atoms with Crippen molar-refractivity contribution in [3.8, 4) is 0 Å². The maximum Gasteiger partial charge on any atom is 0.153 e. The van der Waals surface area contributed by atoms with Gasteiger partial charge >= 0.3 is 0 Å². The van der Waals surface area contributed by atoms with Crippen molar-refractivity contribution < 1.29 is 8.42 Å². The van der Waals surface area contributed by atoms with Crippen LogP contribution in [0.3, 0.4) is 0 Å². The van der Waals surface area contributed by atoms with Crippen LogP contribution in [0.25, 0.3) is 0 Å². The van der Waals surface area contributed by atoms with Gasteiger partial charge in [0.05, 0.1) is 17.3 Å². The molecule has 76 valence electrons. The minimum absolute atomic E-state index is 0.181. The molecular formula is C8H16N2O2S. The second-order valence-corrected chi connectivity index (χ2v) is 5.98. The quantitative estimate of drug-likeness (QED) is 0.495. The molecule has 0 radical (unpaired) electrons. The fourth-order valence-corrected chi connectivity index (χ4v) is 2.52. The highest BCUT2D eigenvalue weighted by Gasteiger charge is 2.23. The third kappa shape index (κ3) is 2.69. The normalized spacial score (nSPS) is 21.9. The predicted octanol–water partition coefficient (Wildman–Crippen LogP) is 0.350. The Balaban J connectivity index is 2.55. The van der Waals surface area contributed by atoms with Crippen LogP contribution in [-0.4, -0.2) is 43.7 Å². The third-order valence-corrected chi connectivity index (χ3v) is 3.84. The number of amidine groups is 1. The summed E-state index contributed by atoms with van der Waals surface area (Å²) in [7, 11) is -2.81. The van der Waals surface area contributed by atoms with Crippen LogP contribution in [0.4, 0.5) is 0 Å². The molecule has 1 heterocycles. The minimum atomic E-state index is -2.81. The molecular weight excluding hydrogens is 188 g/mol. The number of nitrogens with one attached hydrogen (secondary N) is 1. The zero-order chi connectivity index (χ0) is 10.1. The summed E-state index contributed by atoms with van der Waals surface area (Å²) in [5, 5.41) is 7.70. The molecule has 1 N–H and O–H groups in total. The molecule has 0 bridgehead atoms. The van der Waals surface area contributed by atoms with Crippen molar-refractivity contribution in [3.05, 3.63) is 0 Å². The summed E-state index contributed by atoms with van der Waals surface area (Å²) >= 11 is 0. The molecule has 0 aromatic carbocycles. The molecule has 13 heavy (non-hydrogen) atoms. The van der Waals surface area contributed by atoms with Gasteiger partial charge in [-0.3, -0.25) is 5.41 Å². The van der Waals surface area contributed by atoms with E-state index in [0.29, 0.717) is 18.9 Å². The molecule has 0 amide bonds. The average Bonchev–Trinajstić information content (AvgIpc) is 2.03. The zero-order valence-electron chi connectivity index (χ0n) is 8.08. The van der Waals surface area contributed by atoms with E-state index in [4.69, 9.17) is 5.41 Å². The fourth-order valence-electron chi connectivity index (χ4n) is 1.32. The predicted molar refractivity (Wildman–Crippen MR) is 52.8 cm³/mol. The van der Waals surface area contributed by atoms with Gasteiger partial charge in [0.2, 0.25) is 0 Å². The summed E-state index contributed by atoms with van der Waals surface area (Å²) in [6, 6.07) is 0. The lowest BCUT2D eigenvalue weighted by Gasteiger charge is -2.30. The van der Waals surface area contributed by atoms with Crippen molar-refractivity contribution in [2.75, 3.05) is 24.6 Å². The maximum absolute atomic E-state index is 11.1. The van der Waals surface area contributed by atoms with Crippen LogP contribution in [0, 0.1) is 11.3 Å². The summed E-state index contributed by atoms with van der Waals surface area (Å²) < 4.78 is 22.2. The molecule has 0 aromatic rings. The molecule has 1 rings (SSSR count). The van der Waals surface area contributed by atoms with Crippen LogP contribution in [0.15, 0.2) is 0 Å². The van der Waals surface area contributed by atoms with Gasteiger partial charge < -0.3 is 4.90 Å². The third-order valence-electron chi connectivity index (χ3n) is 2.23. The van der Waals surface area contributed by atoms with Crippen molar-refractivity contribution in [2.45, 2.75) is 13.8 Å². The molecule has 5 heteroatoms. The van der Waals surface area contributed by atoms with E-state index in [1.807, 2.05) is 18.7 Å². The van der Waals surface area contributed by atoms with Gasteiger partial charge in [-0.15, -0.1) is 0 Å². The highest BCUT2D eigenvalue weighted by atomic mass is 32.2. The van der Waals surface area contributed by atoms with Gasteiger partial charge in [-0.25, -0.2) is 8.42 Å². The SMILES string of the molecule is CC(C)C(=N)N1CCS(=O)(=O)CC1. The molecule has 0 aliphatic carbocycles. The molecule has 1 aliphatic rings. The molecule has 0 atom stereocenters. The van der Waals surface area contributed by atoms with Crippen LogP contribution in [0.1, 0.15) is 13.8 Å². The molecule has 0 spiro atoms. The number of hydrogen-bond donors (Lipinski definition) is 1. The van der Waals surface area contributed by atoms with Gasteiger partial charge in [0.1, 0.15) is 0 Å². The monoisotopic (exact) mass is 204 g/mol. The maximum atomic E-state index is 11.1. The standard InChI is InChI=1S/C8H16N2O2S/c1-7(2)8(9)10-3-5-13(11,12)6-4-10/h7,9H,3-6H2,1-2H3. The largest absolute Gasteiger partial charge is 0.358 e. The second kappa shape index (κ2) is 3.65. The first-order valence-corrected chi connectivity index (χ1v) is 6.28. The zero-order valence-corrected chi connectivity index (χ0v) is 8.89. The Labute approximate surface area is 79.4 Å². The van der Waals surface area contributed by atoms with Gasteiger partial charge in [0.25, 0.3) is 0 Å². The van der Waals surface area contributed by atoms with E-state index in [-0.39, 0.29) is 17.4 Å². The smallest absolute Gasteiger partial charge is 0.153 e. The number of hydrogen-bond acceptors (Lipinski definition) is 3. The highest BCUT2D eigenvalue weighted by molar-refractivity contribution is 7.91. The first-order valence-electron chi connectivity index (χ1n) is 4.46. The number of nitrogens with zero attached hydrogens (tertiary/aromatic N) is 1. The lowest BCUT2D eigenvalue weighted by Crippen LogP contribution is -2.45. The van der Waals surface area contributed by atoms with Gasteiger partial charge in [-0.2, -0.15) is 0 Å². The van der Waals surface area contributed by atoms with E-state index in [2.05, 4.69) is 0 Å². The molecule has 0 aromatic heterocycles. The van der Waals surface area contributed by atoms with Crippen molar-refractivity contribution in [1.82, 2.24) is 4.90 Å². The molecule has 4 nitrogen and oxygen atoms in total. The first kappa shape index (κ1) is 10.5. The van der Waals surface area contributed by atoms with Gasteiger partial charge in [-0.05, 0) is 0 Å². The van der Waals surface area contributed by atoms with E-state index < -0.39 is 9.84 Å². The summed E-state index contributed by atoms with van der Waals surface area (Å²) in [4.78, 5) is 1.85. The average molecular weight is 204 g/mol. The Kier molecular flexibility index (Phi) is 2.95. The topological polar surface area (TPSA) is 61.2 Å². The van der Waals surface area contributed by atoms with Gasteiger partial charge in [0, 0.05) is 19.0 Å². The van der Waals surface area contributed by atoms with E-state index in [9.17, 15) is 8.42 Å². The Morgan fingerprint density at radius 2 is 1.77 bits per heavy atom. The minimum Gasteiger partial charge on any atom is -0.358 e. The van der Waals surface area contributed by atoms with Crippen molar-refractivity contribution in [3.63, 3.8) is 0 Å².